The van der Waals surface area contributed by atoms with Crippen LogP contribution in [0.3, 0.4) is 0 Å². The van der Waals surface area contributed by atoms with E-state index in [0.717, 1.165) is 24.3 Å². The first-order valence-electron chi connectivity index (χ1n) is 7.52. The van der Waals surface area contributed by atoms with Gasteiger partial charge in [-0.15, -0.1) is 0 Å². The Morgan fingerprint density at radius 2 is 1.95 bits per heavy atom. The molecular formula is C16H23ClN2O3. The number of likely N-dealkylation sites (tertiary alicyclic amines) is 1. The van der Waals surface area contributed by atoms with Gasteiger partial charge in [-0.2, -0.15) is 0 Å². The summed E-state index contributed by atoms with van der Waals surface area (Å²) in [5.74, 6) is 0.730. The highest BCUT2D eigenvalue weighted by Crippen LogP contribution is 2.23. The highest BCUT2D eigenvalue weighted by Gasteiger charge is 2.27. The van der Waals surface area contributed by atoms with Crippen molar-refractivity contribution in [1.29, 1.82) is 0 Å². The van der Waals surface area contributed by atoms with Gasteiger partial charge < -0.3 is 14.4 Å². The molecule has 1 aromatic heterocycles. The molecule has 0 unspecified atom stereocenters. The number of pyridine rings is 1. The molecule has 0 radical (unpaired) electrons. The van der Waals surface area contributed by atoms with Crippen molar-refractivity contribution in [3.8, 4) is 5.75 Å². The van der Waals surface area contributed by atoms with Gasteiger partial charge in [0.2, 0.25) is 0 Å². The second kappa shape index (κ2) is 6.73. The van der Waals surface area contributed by atoms with Gasteiger partial charge in [0, 0.05) is 43.8 Å². The number of aromatic nitrogens is 1. The molecule has 122 valence electrons. The van der Waals surface area contributed by atoms with Gasteiger partial charge >= 0.3 is 6.09 Å². The number of rotatable bonds is 2. The van der Waals surface area contributed by atoms with Gasteiger partial charge in [-0.25, -0.2) is 9.78 Å². The number of halogens is 1. The van der Waals surface area contributed by atoms with Gasteiger partial charge in [0.25, 0.3) is 0 Å². The van der Waals surface area contributed by atoms with Crippen molar-refractivity contribution >= 4 is 17.7 Å². The Hall–Kier alpha value is -1.49. The molecule has 0 saturated carbocycles. The molecular weight excluding hydrogens is 304 g/mol. The molecule has 1 amide bonds. The molecule has 0 bridgehead atoms. The van der Waals surface area contributed by atoms with Crippen LogP contribution in [-0.2, 0) is 4.74 Å². The van der Waals surface area contributed by atoms with E-state index in [4.69, 9.17) is 21.1 Å². The standard InChI is InChI=1S/C16H23ClN2O3/c1-11-9-13(10-14(17)18-11)21-12-5-7-19(8-6-12)15(20)22-16(2,3)4/h9-10,12H,5-8H2,1-4H3. The lowest BCUT2D eigenvalue weighted by Gasteiger charge is -2.33. The summed E-state index contributed by atoms with van der Waals surface area (Å²) in [6.45, 7) is 8.77. The van der Waals surface area contributed by atoms with Gasteiger partial charge in [0.15, 0.2) is 0 Å². The molecule has 0 N–H and O–H groups in total. The Balaban J connectivity index is 1.86. The fourth-order valence-corrected chi connectivity index (χ4v) is 2.58. The minimum atomic E-state index is -0.463. The highest BCUT2D eigenvalue weighted by atomic mass is 35.5. The molecule has 0 spiro atoms. The maximum absolute atomic E-state index is 12.0. The van der Waals surface area contributed by atoms with E-state index >= 15 is 0 Å². The summed E-state index contributed by atoms with van der Waals surface area (Å²) in [6.07, 6.45) is 1.38. The molecule has 1 aliphatic heterocycles. The molecule has 0 aliphatic carbocycles. The molecule has 1 aromatic rings. The lowest BCUT2D eigenvalue weighted by atomic mass is 10.1. The first-order chi connectivity index (χ1) is 10.2. The Morgan fingerprint density at radius 3 is 2.50 bits per heavy atom. The highest BCUT2D eigenvalue weighted by molar-refractivity contribution is 6.29. The van der Waals surface area contributed by atoms with Crippen molar-refractivity contribution in [3.05, 3.63) is 23.0 Å². The Labute approximate surface area is 136 Å². The molecule has 0 aromatic carbocycles. The summed E-state index contributed by atoms with van der Waals surface area (Å²) < 4.78 is 11.3. The van der Waals surface area contributed by atoms with Gasteiger partial charge in [0.05, 0.1) is 0 Å². The number of aryl methyl sites for hydroxylation is 1. The van der Waals surface area contributed by atoms with Crippen LogP contribution in [0, 0.1) is 6.92 Å². The SMILES string of the molecule is Cc1cc(OC2CCN(C(=O)OC(C)(C)C)CC2)cc(Cl)n1. The maximum atomic E-state index is 12.0. The molecule has 2 heterocycles. The summed E-state index contributed by atoms with van der Waals surface area (Å²) in [7, 11) is 0. The van der Waals surface area contributed by atoms with Crippen LogP contribution < -0.4 is 4.74 Å². The fraction of sp³-hybridized carbons (Fsp3) is 0.625. The second-order valence-electron chi connectivity index (χ2n) is 6.55. The molecule has 5 nitrogen and oxygen atoms in total. The monoisotopic (exact) mass is 326 g/mol. The summed E-state index contributed by atoms with van der Waals surface area (Å²) in [4.78, 5) is 17.8. The number of carbonyl (C=O) groups is 1. The van der Waals surface area contributed by atoms with Gasteiger partial charge in [-0.3, -0.25) is 0 Å². The van der Waals surface area contributed by atoms with Crippen molar-refractivity contribution < 1.29 is 14.3 Å². The van der Waals surface area contributed by atoms with Crippen LogP contribution in [0.1, 0.15) is 39.3 Å². The van der Waals surface area contributed by atoms with Gasteiger partial charge in [-0.05, 0) is 27.7 Å². The minimum Gasteiger partial charge on any atom is -0.490 e. The average Bonchev–Trinajstić information content (AvgIpc) is 2.36. The van der Waals surface area contributed by atoms with Crippen LogP contribution in [-0.4, -0.2) is 40.8 Å². The molecule has 22 heavy (non-hydrogen) atoms. The Morgan fingerprint density at radius 1 is 1.32 bits per heavy atom. The van der Waals surface area contributed by atoms with Crippen LogP contribution in [0.2, 0.25) is 5.15 Å². The van der Waals surface area contributed by atoms with E-state index in [2.05, 4.69) is 4.98 Å². The maximum Gasteiger partial charge on any atom is 0.410 e. The largest absolute Gasteiger partial charge is 0.490 e. The fourth-order valence-electron chi connectivity index (χ4n) is 2.34. The molecule has 1 saturated heterocycles. The third kappa shape index (κ3) is 5.05. The third-order valence-electron chi connectivity index (χ3n) is 3.29. The summed E-state index contributed by atoms with van der Waals surface area (Å²) in [5.41, 5.74) is 0.365. The van der Waals surface area contributed by atoms with E-state index in [1.165, 1.54) is 0 Å². The Bertz CT molecular complexity index is 514. The number of amides is 1. The predicted octanol–water partition coefficient (Wildman–Crippen LogP) is 3.82. The number of ether oxygens (including phenoxy) is 2. The zero-order valence-electron chi connectivity index (χ0n) is 13.6. The van der Waals surface area contributed by atoms with E-state index in [-0.39, 0.29) is 12.2 Å². The van der Waals surface area contributed by atoms with Gasteiger partial charge in [-0.1, -0.05) is 11.6 Å². The van der Waals surface area contributed by atoms with E-state index in [1.54, 1.807) is 11.0 Å². The minimum absolute atomic E-state index is 0.0801. The molecule has 1 aliphatic rings. The average molecular weight is 327 g/mol. The lowest BCUT2D eigenvalue weighted by Crippen LogP contribution is -2.44. The van der Waals surface area contributed by atoms with Crippen molar-refractivity contribution in [3.63, 3.8) is 0 Å². The van der Waals surface area contributed by atoms with Crippen molar-refractivity contribution in [1.82, 2.24) is 9.88 Å². The first kappa shape index (κ1) is 16.9. The number of piperidine rings is 1. The van der Waals surface area contributed by atoms with Crippen LogP contribution >= 0.6 is 11.6 Å². The second-order valence-corrected chi connectivity index (χ2v) is 6.94. The van der Waals surface area contributed by atoms with Crippen molar-refractivity contribution in [2.45, 2.75) is 52.2 Å². The molecule has 6 heteroatoms. The van der Waals surface area contributed by atoms with E-state index in [1.807, 2.05) is 33.8 Å². The molecule has 2 rings (SSSR count). The molecule has 1 fully saturated rings. The zero-order valence-corrected chi connectivity index (χ0v) is 14.3. The summed E-state index contributed by atoms with van der Waals surface area (Å²) >= 11 is 5.93. The summed E-state index contributed by atoms with van der Waals surface area (Å²) in [6, 6.07) is 3.58. The normalized spacial score (nSPS) is 16.5. The van der Waals surface area contributed by atoms with E-state index < -0.39 is 5.60 Å². The topological polar surface area (TPSA) is 51.7 Å². The lowest BCUT2D eigenvalue weighted by molar-refractivity contribution is 0.0126. The van der Waals surface area contributed by atoms with Crippen LogP contribution in [0.25, 0.3) is 0 Å². The quantitative estimate of drug-likeness (QED) is 0.775. The molecule has 0 atom stereocenters. The van der Waals surface area contributed by atoms with Crippen LogP contribution in [0.15, 0.2) is 12.1 Å². The van der Waals surface area contributed by atoms with Gasteiger partial charge in [0.1, 0.15) is 22.6 Å². The number of hydrogen-bond acceptors (Lipinski definition) is 4. The number of hydrogen-bond donors (Lipinski definition) is 0. The van der Waals surface area contributed by atoms with E-state index in [0.29, 0.717) is 18.2 Å². The van der Waals surface area contributed by atoms with E-state index in [9.17, 15) is 4.79 Å². The Kier molecular flexibility index (Phi) is 5.16. The predicted molar refractivity (Wildman–Crippen MR) is 85.4 cm³/mol. The zero-order chi connectivity index (χ0) is 16.3. The first-order valence-corrected chi connectivity index (χ1v) is 7.89. The van der Waals surface area contributed by atoms with Crippen molar-refractivity contribution in [2.24, 2.45) is 0 Å². The third-order valence-corrected chi connectivity index (χ3v) is 3.49. The van der Waals surface area contributed by atoms with Crippen LogP contribution in [0.5, 0.6) is 5.75 Å². The number of carbonyl (C=O) groups excluding carboxylic acids is 1. The van der Waals surface area contributed by atoms with Crippen LogP contribution in [0.4, 0.5) is 4.79 Å². The summed E-state index contributed by atoms with van der Waals surface area (Å²) in [5, 5.41) is 0.432. The van der Waals surface area contributed by atoms with Crippen molar-refractivity contribution in [2.75, 3.05) is 13.1 Å². The number of nitrogens with zero attached hydrogens (tertiary/aromatic N) is 2. The smallest absolute Gasteiger partial charge is 0.410 e.